The zero-order chi connectivity index (χ0) is 14.7. The largest absolute Gasteiger partial charge is 0.314 e. The molecule has 1 aliphatic heterocycles. The molecule has 1 saturated heterocycles. The van der Waals surface area contributed by atoms with E-state index in [0.717, 1.165) is 49.9 Å². The summed E-state index contributed by atoms with van der Waals surface area (Å²) in [6.07, 6.45) is 4.77. The first-order chi connectivity index (χ1) is 10.2. The van der Waals surface area contributed by atoms with Crippen molar-refractivity contribution in [2.24, 2.45) is 5.92 Å². The normalized spacial score (nSPS) is 26.7. The van der Waals surface area contributed by atoms with Crippen LogP contribution in [0.3, 0.4) is 0 Å². The third-order valence-electron chi connectivity index (χ3n) is 4.42. The van der Waals surface area contributed by atoms with Crippen molar-refractivity contribution < 1.29 is 4.79 Å². The number of hydrogen-bond acceptors (Lipinski definition) is 4. The van der Waals surface area contributed by atoms with Crippen LogP contribution in [0.2, 0.25) is 0 Å². The van der Waals surface area contributed by atoms with Crippen molar-refractivity contribution in [1.29, 1.82) is 0 Å². The first-order valence-electron chi connectivity index (χ1n) is 7.59. The van der Waals surface area contributed by atoms with Gasteiger partial charge in [0.05, 0.1) is 0 Å². The number of halogens is 1. The molecule has 2 heterocycles. The monoisotopic (exact) mass is 352 g/mol. The highest BCUT2D eigenvalue weighted by Gasteiger charge is 2.33. The Morgan fingerprint density at radius 3 is 2.95 bits per heavy atom. The standard InChI is InChI=1S/C15H21BrN4O/c16-12-3-4-18-14(10-12)19-15(21)11-1-2-13(9-11)20-7-5-17-6-8-20/h3-4,10-11,13,17H,1-2,5-9H2,(H,18,19,21)/t11-,13-/m0/s1. The molecule has 0 spiro atoms. The van der Waals surface area contributed by atoms with Crippen LogP contribution in [0.15, 0.2) is 22.8 Å². The third-order valence-corrected chi connectivity index (χ3v) is 4.91. The summed E-state index contributed by atoms with van der Waals surface area (Å²) < 4.78 is 0.929. The van der Waals surface area contributed by atoms with Crippen molar-refractivity contribution in [2.45, 2.75) is 25.3 Å². The lowest BCUT2D eigenvalue weighted by Crippen LogP contribution is -2.47. The number of amides is 1. The minimum atomic E-state index is 0.109. The highest BCUT2D eigenvalue weighted by atomic mass is 79.9. The summed E-state index contributed by atoms with van der Waals surface area (Å²) in [6, 6.07) is 4.25. The first-order valence-corrected chi connectivity index (χ1v) is 8.39. The van der Waals surface area contributed by atoms with Crippen LogP contribution in [-0.4, -0.2) is 48.0 Å². The number of carbonyl (C=O) groups is 1. The zero-order valence-electron chi connectivity index (χ0n) is 12.0. The highest BCUT2D eigenvalue weighted by Crippen LogP contribution is 2.30. The fourth-order valence-corrected chi connectivity index (χ4v) is 3.61. The summed E-state index contributed by atoms with van der Waals surface area (Å²) in [5, 5.41) is 6.31. The molecular formula is C15H21BrN4O. The van der Waals surface area contributed by atoms with E-state index in [1.54, 1.807) is 6.20 Å². The smallest absolute Gasteiger partial charge is 0.228 e. The van der Waals surface area contributed by atoms with Crippen LogP contribution in [0.4, 0.5) is 5.82 Å². The quantitative estimate of drug-likeness (QED) is 0.871. The van der Waals surface area contributed by atoms with Gasteiger partial charge in [-0.25, -0.2) is 4.98 Å². The summed E-state index contributed by atoms with van der Waals surface area (Å²) in [5.41, 5.74) is 0. The Balaban J connectivity index is 1.54. The fraction of sp³-hybridized carbons (Fsp3) is 0.600. The van der Waals surface area contributed by atoms with Crippen molar-refractivity contribution in [3.8, 4) is 0 Å². The van der Waals surface area contributed by atoms with Crippen LogP contribution >= 0.6 is 15.9 Å². The average Bonchev–Trinajstić information content (AvgIpc) is 2.98. The molecule has 2 fully saturated rings. The van der Waals surface area contributed by atoms with Crippen molar-refractivity contribution in [2.75, 3.05) is 31.5 Å². The van der Waals surface area contributed by atoms with Gasteiger partial charge in [0.2, 0.25) is 5.91 Å². The maximum absolute atomic E-state index is 12.4. The van der Waals surface area contributed by atoms with Crippen LogP contribution in [0.25, 0.3) is 0 Å². The maximum atomic E-state index is 12.4. The Morgan fingerprint density at radius 2 is 2.19 bits per heavy atom. The van der Waals surface area contributed by atoms with E-state index in [2.05, 4.69) is 36.4 Å². The van der Waals surface area contributed by atoms with Gasteiger partial charge in [0, 0.05) is 48.8 Å². The van der Waals surface area contributed by atoms with Gasteiger partial charge in [0.25, 0.3) is 0 Å². The molecule has 0 radical (unpaired) electrons. The molecule has 2 atom stereocenters. The molecule has 2 aliphatic rings. The van der Waals surface area contributed by atoms with E-state index in [1.165, 1.54) is 0 Å². The number of carbonyl (C=O) groups excluding carboxylic acids is 1. The molecule has 5 nitrogen and oxygen atoms in total. The Hall–Kier alpha value is -0.980. The van der Waals surface area contributed by atoms with Gasteiger partial charge in [0.15, 0.2) is 0 Å². The molecule has 1 aromatic heterocycles. The van der Waals surface area contributed by atoms with Crippen LogP contribution in [0, 0.1) is 5.92 Å². The molecule has 1 saturated carbocycles. The molecule has 3 rings (SSSR count). The summed E-state index contributed by atoms with van der Waals surface area (Å²) in [7, 11) is 0. The SMILES string of the molecule is O=C(Nc1cc(Br)ccn1)[C@H]1CC[C@H](N2CCNCC2)C1. The molecule has 0 unspecified atom stereocenters. The lowest BCUT2D eigenvalue weighted by atomic mass is 10.1. The van der Waals surface area contributed by atoms with Gasteiger partial charge >= 0.3 is 0 Å². The Labute approximate surface area is 133 Å². The topological polar surface area (TPSA) is 57.3 Å². The molecule has 1 amide bonds. The van der Waals surface area contributed by atoms with E-state index in [-0.39, 0.29) is 11.8 Å². The predicted octanol–water partition coefficient (Wildman–Crippen LogP) is 1.86. The molecule has 114 valence electrons. The number of nitrogens with one attached hydrogen (secondary N) is 2. The lowest BCUT2D eigenvalue weighted by Gasteiger charge is -2.32. The second-order valence-corrected chi connectivity index (χ2v) is 6.71. The summed E-state index contributed by atoms with van der Waals surface area (Å²) in [5.74, 6) is 0.851. The second kappa shape index (κ2) is 6.85. The van der Waals surface area contributed by atoms with Crippen LogP contribution < -0.4 is 10.6 Å². The maximum Gasteiger partial charge on any atom is 0.228 e. The van der Waals surface area contributed by atoms with Crippen LogP contribution in [-0.2, 0) is 4.79 Å². The number of nitrogens with zero attached hydrogens (tertiary/aromatic N) is 2. The van der Waals surface area contributed by atoms with Crippen LogP contribution in [0.1, 0.15) is 19.3 Å². The molecule has 2 N–H and O–H groups in total. The van der Waals surface area contributed by atoms with E-state index in [9.17, 15) is 4.79 Å². The van der Waals surface area contributed by atoms with Gasteiger partial charge in [-0.15, -0.1) is 0 Å². The van der Waals surface area contributed by atoms with Gasteiger partial charge in [0.1, 0.15) is 5.82 Å². The summed E-state index contributed by atoms with van der Waals surface area (Å²) >= 11 is 3.39. The number of pyridine rings is 1. The summed E-state index contributed by atoms with van der Waals surface area (Å²) in [6.45, 7) is 4.34. The van der Waals surface area contributed by atoms with Gasteiger partial charge in [-0.05, 0) is 31.4 Å². The predicted molar refractivity (Wildman–Crippen MR) is 86.1 cm³/mol. The Bertz CT molecular complexity index is 504. The van der Waals surface area contributed by atoms with Crippen molar-refractivity contribution in [3.63, 3.8) is 0 Å². The van der Waals surface area contributed by atoms with Gasteiger partial charge in [-0.3, -0.25) is 9.69 Å². The summed E-state index contributed by atoms with van der Waals surface area (Å²) in [4.78, 5) is 19.1. The number of anilines is 1. The second-order valence-electron chi connectivity index (χ2n) is 5.80. The number of hydrogen-bond donors (Lipinski definition) is 2. The Morgan fingerprint density at radius 1 is 1.38 bits per heavy atom. The Kier molecular flexibility index (Phi) is 4.87. The lowest BCUT2D eigenvalue weighted by molar-refractivity contribution is -0.119. The number of aromatic nitrogens is 1. The third kappa shape index (κ3) is 3.81. The molecule has 21 heavy (non-hydrogen) atoms. The molecule has 0 aromatic carbocycles. The zero-order valence-corrected chi connectivity index (χ0v) is 13.6. The van der Waals surface area contributed by atoms with Crippen molar-refractivity contribution >= 4 is 27.7 Å². The molecule has 6 heteroatoms. The van der Waals surface area contributed by atoms with E-state index in [0.29, 0.717) is 11.9 Å². The molecular weight excluding hydrogens is 332 g/mol. The minimum Gasteiger partial charge on any atom is -0.314 e. The number of piperazine rings is 1. The van der Waals surface area contributed by atoms with E-state index in [4.69, 9.17) is 0 Å². The van der Waals surface area contributed by atoms with Gasteiger partial charge in [-0.2, -0.15) is 0 Å². The average molecular weight is 353 g/mol. The van der Waals surface area contributed by atoms with Gasteiger partial charge < -0.3 is 10.6 Å². The van der Waals surface area contributed by atoms with E-state index in [1.807, 2.05) is 12.1 Å². The highest BCUT2D eigenvalue weighted by molar-refractivity contribution is 9.10. The number of rotatable bonds is 3. The fourth-order valence-electron chi connectivity index (χ4n) is 3.28. The molecule has 1 aliphatic carbocycles. The molecule has 1 aromatic rings. The van der Waals surface area contributed by atoms with Crippen molar-refractivity contribution in [1.82, 2.24) is 15.2 Å². The minimum absolute atomic E-state index is 0.109. The van der Waals surface area contributed by atoms with Crippen LogP contribution in [0.5, 0.6) is 0 Å². The first kappa shape index (κ1) is 14.9. The van der Waals surface area contributed by atoms with Crippen molar-refractivity contribution in [3.05, 3.63) is 22.8 Å². The van der Waals surface area contributed by atoms with E-state index < -0.39 is 0 Å². The molecule has 0 bridgehead atoms. The van der Waals surface area contributed by atoms with Gasteiger partial charge in [-0.1, -0.05) is 15.9 Å². The van der Waals surface area contributed by atoms with E-state index >= 15 is 0 Å².